The second-order valence-corrected chi connectivity index (χ2v) is 4.29. The van der Waals surface area contributed by atoms with Crippen molar-refractivity contribution < 1.29 is 5.11 Å². The van der Waals surface area contributed by atoms with Gasteiger partial charge in [-0.05, 0) is 19.3 Å². The van der Waals surface area contributed by atoms with Crippen LogP contribution in [0.5, 0.6) is 0 Å². The highest BCUT2D eigenvalue weighted by Gasteiger charge is 2.05. The first-order chi connectivity index (χ1) is 8.28. The van der Waals surface area contributed by atoms with E-state index in [1.165, 1.54) is 25.7 Å². The van der Waals surface area contributed by atoms with Gasteiger partial charge in [-0.15, -0.1) is 0 Å². The van der Waals surface area contributed by atoms with Gasteiger partial charge in [0.2, 0.25) is 0 Å². The highest BCUT2D eigenvalue weighted by atomic mass is 16.3. The number of nitrogens with one attached hydrogen (secondary N) is 2. The minimum Gasteiger partial charge on any atom is -0.395 e. The fraction of sp³-hybridized carbons (Fsp3) is 0.923. The molecule has 0 radical (unpaired) electrons. The number of hydrogen-bond acceptors (Lipinski definition) is 2. The standard InChI is InChI=1S/C13H29N3O/c1-4-7-8-12(5-2)11-16-13(14-6-3)15-9-10-17/h12,17H,4-11H2,1-3H3,(H2,14,15,16). The largest absolute Gasteiger partial charge is 0.395 e. The van der Waals surface area contributed by atoms with Crippen LogP contribution in [0.15, 0.2) is 4.99 Å². The molecule has 0 saturated heterocycles. The zero-order valence-corrected chi connectivity index (χ0v) is 11.6. The molecule has 0 saturated carbocycles. The lowest BCUT2D eigenvalue weighted by atomic mass is 10.00. The van der Waals surface area contributed by atoms with Crippen molar-refractivity contribution in [3.8, 4) is 0 Å². The van der Waals surface area contributed by atoms with E-state index in [4.69, 9.17) is 5.11 Å². The summed E-state index contributed by atoms with van der Waals surface area (Å²) in [6, 6.07) is 0. The molecule has 17 heavy (non-hydrogen) atoms. The number of aliphatic hydroxyl groups excluding tert-OH is 1. The van der Waals surface area contributed by atoms with E-state index in [1.807, 2.05) is 6.92 Å². The zero-order chi connectivity index (χ0) is 12.9. The van der Waals surface area contributed by atoms with Gasteiger partial charge in [0.25, 0.3) is 0 Å². The van der Waals surface area contributed by atoms with Crippen LogP contribution in [0.25, 0.3) is 0 Å². The van der Waals surface area contributed by atoms with E-state index in [2.05, 4.69) is 29.5 Å². The van der Waals surface area contributed by atoms with Gasteiger partial charge in [-0.3, -0.25) is 4.99 Å². The fourth-order valence-corrected chi connectivity index (χ4v) is 1.65. The monoisotopic (exact) mass is 243 g/mol. The third-order valence-corrected chi connectivity index (χ3v) is 2.80. The van der Waals surface area contributed by atoms with E-state index in [9.17, 15) is 0 Å². The lowest BCUT2D eigenvalue weighted by Crippen LogP contribution is -2.39. The molecule has 3 N–H and O–H groups in total. The first kappa shape index (κ1) is 16.2. The first-order valence-corrected chi connectivity index (χ1v) is 6.91. The number of guanidine groups is 1. The summed E-state index contributed by atoms with van der Waals surface area (Å²) in [4.78, 5) is 4.56. The van der Waals surface area contributed by atoms with Gasteiger partial charge < -0.3 is 15.7 Å². The Morgan fingerprint density at radius 2 is 2.00 bits per heavy atom. The van der Waals surface area contributed by atoms with Crippen LogP contribution in [0.3, 0.4) is 0 Å². The van der Waals surface area contributed by atoms with E-state index in [-0.39, 0.29) is 6.61 Å². The predicted octanol–water partition coefficient (Wildman–Crippen LogP) is 1.75. The van der Waals surface area contributed by atoms with E-state index in [0.717, 1.165) is 19.0 Å². The number of aliphatic imine (C=N–C) groups is 1. The summed E-state index contributed by atoms with van der Waals surface area (Å²) < 4.78 is 0. The zero-order valence-electron chi connectivity index (χ0n) is 11.6. The second-order valence-electron chi connectivity index (χ2n) is 4.29. The lowest BCUT2D eigenvalue weighted by molar-refractivity contribution is 0.300. The smallest absolute Gasteiger partial charge is 0.191 e. The lowest BCUT2D eigenvalue weighted by Gasteiger charge is -2.14. The van der Waals surface area contributed by atoms with Crippen molar-refractivity contribution >= 4 is 5.96 Å². The minimum absolute atomic E-state index is 0.136. The first-order valence-electron chi connectivity index (χ1n) is 6.91. The second kappa shape index (κ2) is 11.7. The van der Waals surface area contributed by atoms with Crippen LogP contribution in [0.4, 0.5) is 0 Å². The maximum Gasteiger partial charge on any atom is 0.191 e. The number of aliphatic hydroxyl groups is 1. The molecule has 102 valence electrons. The molecule has 0 fully saturated rings. The average molecular weight is 243 g/mol. The molecular weight excluding hydrogens is 214 g/mol. The van der Waals surface area contributed by atoms with E-state index < -0.39 is 0 Å². The maximum absolute atomic E-state index is 8.78. The fourth-order valence-electron chi connectivity index (χ4n) is 1.65. The van der Waals surface area contributed by atoms with Crippen LogP contribution in [0.2, 0.25) is 0 Å². The SMILES string of the molecule is CCCCC(CC)CN=C(NCC)NCCO. The number of hydrogen-bond donors (Lipinski definition) is 3. The summed E-state index contributed by atoms with van der Waals surface area (Å²) in [6.07, 6.45) is 4.98. The molecule has 0 rings (SSSR count). The maximum atomic E-state index is 8.78. The van der Waals surface area contributed by atoms with E-state index in [1.54, 1.807) is 0 Å². The van der Waals surface area contributed by atoms with Gasteiger partial charge in [0.15, 0.2) is 5.96 Å². The molecule has 0 heterocycles. The Kier molecular flexibility index (Phi) is 11.2. The van der Waals surface area contributed by atoms with Crippen molar-refractivity contribution in [1.82, 2.24) is 10.6 Å². The molecule has 4 heteroatoms. The Bertz CT molecular complexity index is 195. The molecule has 0 aromatic heterocycles. The van der Waals surface area contributed by atoms with E-state index in [0.29, 0.717) is 12.5 Å². The van der Waals surface area contributed by atoms with Crippen LogP contribution in [-0.4, -0.2) is 37.3 Å². The van der Waals surface area contributed by atoms with Crippen LogP contribution < -0.4 is 10.6 Å². The van der Waals surface area contributed by atoms with Gasteiger partial charge in [0.1, 0.15) is 0 Å². The Balaban J connectivity index is 4.07. The molecule has 0 bridgehead atoms. The van der Waals surface area contributed by atoms with Crippen LogP contribution in [0.1, 0.15) is 46.5 Å². The molecular formula is C13H29N3O. The highest BCUT2D eigenvalue weighted by molar-refractivity contribution is 5.79. The molecule has 0 aliphatic carbocycles. The number of unbranched alkanes of at least 4 members (excludes halogenated alkanes) is 1. The van der Waals surface area contributed by atoms with Crippen LogP contribution >= 0.6 is 0 Å². The Hall–Kier alpha value is -0.770. The van der Waals surface area contributed by atoms with Crippen molar-refractivity contribution in [3.63, 3.8) is 0 Å². The minimum atomic E-state index is 0.136. The predicted molar refractivity (Wildman–Crippen MR) is 74.4 cm³/mol. The molecule has 0 aliphatic heterocycles. The Morgan fingerprint density at radius 3 is 2.53 bits per heavy atom. The topological polar surface area (TPSA) is 56.7 Å². The quantitative estimate of drug-likeness (QED) is 0.427. The Morgan fingerprint density at radius 1 is 1.24 bits per heavy atom. The third kappa shape index (κ3) is 8.98. The van der Waals surface area contributed by atoms with Crippen LogP contribution in [0, 0.1) is 5.92 Å². The van der Waals surface area contributed by atoms with Gasteiger partial charge in [0, 0.05) is 19.6 Å². The van der Waals surface area contributed by atoms with Crippen molar-refractivity contribution in [3.05, 3.63) is 0 Å². The molecule has 0 aromatic carbocycles. The Labute approximate surface area is 106 Å². The summed E-state index contributed by atoms with van der Waals surface area (Å²) in [7, 11) is 0. The van der Waals surface area contributed by atoms with Crippen molar-refractivity contribution in [2.45, 2.75) is 46.5 Å². The summed E-state index contributed by atoms with van der Waals surface area (Å²) >= 11 is 0. The van der Waals surface area contributed by atoms with Crippen molar-refractivity contribution in [2.24, 2.45) is 10.9 Å². The third-order valence-electron chi connectivity index (χ3n) is 2.80. The van der Waals surface area contributed by atoms with Crippen molar-refractivity contribution in [1.29, 1.82) is 0 Å². The average Bonchev–Trinajstić information content (AvgIpc) is 2.35. The van der Waals surface area contributed by atoms with Gasteiger partial charge in [-0.1, -0.05) is 33.1 Å². The molecule has 0 amide bonds. The molecule has 4 nitrogen and oxygen atoms in total. The number of nitrogens with zero attached hydrogens (tertiary/aromatic N) is 1. The van der Waals surface area contributed by atoms with Gasteiger partial charge >= 0.3 is 0 Å². The normalized spacial score (nSPS) is 13.5. The summed E-state index contributed by atoms with van der Waals surface area (Å²) in [5.74, 6) is 1.50. The summed E-state index contributed by atoms with van der Waals surface area (Å²) in [5, 5.41) is 15.1. The molecule has 0 aromatic rings. The highest BCUT2D eigenvalue weighted by Crippen LogP contribution is 2.12. The summed E-state index contributed by atoms with van der Waals surface area (Å²) in [5.41, 5.74) is 0. The van der Waals surface area contributed by atoms with Crippen molar-refractivity contribution in [2.75, 3.05) is 26.2 Å². The van der Waals surface area contributed by atoms with Crippen LogP contribution in [-0.2, 0) is 0 Å². The summed E-state index contributed by atoms with van der Waals surface area (Å²) in [6.45, 7) is 8.91. The van der Waals surface area contributed by atoms with E-state index >= 15 is 0 Å². The molecule has 0 spiro atoms. The van der Waals surface area contributed by atoms with Gasteiger partial charge in [-0.25, -0.2) is 0 Å². The van der Waals surface area contributed by atoms with Gasteiger partial charge in [0.05, 0.1) is 6.61 Å². The molecule has 0 aliphatic rings. The molecule has 1 unspecified atom stereocenters. The van der Waals surface area contributed by atoms with Gasteiger partial charge in [-0.2, -0.15) is 0 Å². The molecule has 1 atom stereocenters. The number of rotatable bonds is 9.